The van der Waals surface area contributed by atoms with Crippen LogP contribution >= 0.6 is 0 Å². The molecule has 0 fully saturated rings. The third kappa shape index (κ3) is 6.18. The molecule has 2 aromatic rings. The Hall–Kier alpha value is -3.13. The van der Waals surface area contributed by atoms with Crippen molar-refractivity contribution in [3.8, 4) is 6.07 Å². The Labute approximate surface area is 179 Å². The van der Waals surface area contributed by atoms with E-state index >= 15 is 0 Å². The maximum Gasteiger partial charge on any atom is 0.331 e. The molecule has 0 aliphatic carbocycles. The number of hydroxylamine groups is 1. The van der Waals surface area contributed by atoms with Crippen molar-refractivity contribution in [1.29, 1.82) is 5.26 Å². The molecule has 0 radical (unpaired) electrons. The summed E-state index contributed by atoms with van der Waals surface area (Å²) in [7, 11) is 0. The molecule has 5 heteroatoms. The summed E-state index contributed by atoms with van der Waals surface area (Å²) in [5.41, 5.74) is 5.74. The van der Waals surface area contributed by atoms with Gasteiger partial charge in [0.15, 0.2) is 0 Å². The zero-order valence-electron chi connectivity index (χ0n) is 18.0. The van der Waals surface area contributed by atoms with Gasteiger partial charge in [-0.25, -0.2) is 4.79 Å². The number of unbranched alkanes of at least 4 members (excludes halogenated alkanes) is 2. The fourth-order valence-electron chi connectivity index (χ4n) is 3.41. The molecular weight excluding hydrogens is 376 g/mol. The minimum atomic E-state index is -0.722. The first-order valence-electron chi connectivity index (χ1n) is 10.5. The molecule has 0 aromatic heterocycles. The van der Waals surface area contributed by atoms with Crippen LogP contribution < -0.4 is 5.48 Å². The van der Waals surface area contributed by atoms with Gasteiger partial charge in [-0.05, 0) is 37.8 Å². The van der Waals surface area contributed by atoms with E-state index in [4.69, 9.17) is 0 Å². The molecule has 0 unspecified atom stereocenters. The summed E-state index contributed by atoms with van der Waals surface area (Å²) in [6, 6.07) is 18.9. The zero-order chi connectivity index (χ0) is 22.0. The molecule has 0 atom stereocenters. The molecule has 1 N–H and O–H groups in total. The monoisotopic (exact) mass is 406 g/mol. The normalized spacial score (nSPS) is 10.9. The van der Waals surface area contributed by atoms with E-state index in [0.717, 1.165) is 35.1 Å². The third-order valence-corrected chi connectivity index (χ3v) is 5.30. The van der Waals surface area contributed by atoms with Crippen LogP contribution in [0.25, 0.3) is 0 Å². The number of carbonyl (C=O) groups is 2. The standard InChI is InChI=1S/C25H30N2O3/c1-4-24(29)30-27-23(28)8-6-5-7-17-25(18-26,21-13-9-19(2)10-14-21)22-15-11-20(3)12-16-22/h9-16H,4-8,17H2,1-3H3,(H,27,28). The van der Waals surface area contributed by atoms with E-state index in [0.29, 0.717) is 12.8 Å². The molecule has 0 bridgehead atoms. The molecule has 0 spiro atoms. The van der Waals surface area contributed by atoms with Crippen LogP contribution in [0.15, 0.2) is 48.5 Å². The Bertz CT molecular complexity index is 835. The van der Waals surface area contributed by atoms with Crippen LogP contribution in [0.5, 0.6) is 0 Å². The second-order valence-electron chi connectivity index (χ2n) is 7.66. The Kier molecular flexibility index (Phi) is 8.61. The summed E-state index contributed by atoms with van der Waals surface area (Å²) in [5.74, 6) is -0.765. The van der Waals surface area contributed by atoms with Crippen molar-refractivity contribution in [2.24, 2.45) is 0 Å². The van der Waals surface area contributed by atoms with E-state index in [9.17, 15) is 14.9 Å². The van der Waals surface area contributed by atoms with E-state index in [1.54, 1.807) is 6.92 Å². The molecule has 2 aromatic carbocycles. The van der Waals surface area contributed by atoms with Gasteiger partial charge in [0, 0.05) is 12.8 Å². The number of amides is 1. The average Bonchev–Trinajstić information content (AvgIpc) is 2.76. The van der Waals surface area contributed by atoms with Gasteiger partial charge in [-0.15, -0.1) is 0 Å². The highest BCUT2D eigenvalue weighted by molar-refractivity contribution is 5.77. The fourth-order valence-corrected chi connectivity index (χ4v) is 3.41. The summed E-state index contributed by atoms with van der Waals surface area (Å²) < 4.78 is 0. The van der Waals surface area contributed by atoms with Crippen LogP contribution in [-0.4, -0.2) is 11.9 Å². The van der Waals surface area contributed by atoms with E-state index < -0.39 is 11.4 Å². The van der Waals surface area contributed by atoms with Crippen molar-refractivity contribution >= 4 is 11.9 Å². The van der Waals surface area contributed by atoms with E-state index in [-0.39, 0.29) is 18.7 Å². The van der Waals surface area contributed by atoms with Gasteiger partial charge >= 0.3 is 5.97 Å². The van der Waals surface area contributed by atoms with Crippen LogP contribution in [0.4, 0.5) is 0 Å². The van der Waals surface area contributed by atoms with Crippen LogP contribution in [0.1, 0.15) is 67.7 Å². The molecule has 0 saturated heterocycles. The second-order valence-corrected chi connectivity index (χ2v) is 7.66. The van der Waals surface area contributed by atoms with Crippen molar-refractivity contribution in [3.63, 3.8) is 0 Å². The van der Waals surface area contributed by atoms with Crippen molar-refractivity contribution in [2.75, 3.05) is 0 Å². The lowest BCUT2D eigenvalue weighted by Gasteiger charge is -2.28. The summed E-state index contributed by atoms with van der Waals surface area (Å²) in [6.07, 6.45) is 3.44. The zero-order valence-corrected chi connectivity index (χ0v) is 18.0. The Balaban J connectivity index is 2.03. The van der Waals surface area contributed by atoms with Gasteiger partial charge in [0.2, 0.25) is 0 Å². The quantitative estimate of drug-likeness (QED) is 0.467. The topological polar surface area (TPSA) is 79.2 Å². The highest BCUT2D eigenvalue weighted by Crippen LogP contribution is 2.37. The molecule has 1 amide bonds. The lowest BCUT2D eigenvalue weighted by atomic mass is 9.72. The van der Waals surface area contributed by atoms with Crippen LogP contribution in [0, 0.1) is 25.2 Å². The predicted octanol–water partition coefficient (Wildman–Crippen LogP) is 5.05. The summed E-state index contributed by atoms with van der Waals surface area (Å²) in [5, 5.41) is 10.2. The molecule has 0 aliphatic heterocycles. The molecule has 5 nitrogen and oxygen atoms in total. The van der Waals surface area contributed by atoms with Crippen LogP contribution in [0.3, 0.4) is 0 Å². The van der Waals surface area contributed by atoms with Crippen molar-refractivity contribution in [1.82, 2.24) is 5.48 Å². The Morgan fingerprint density at radius 1 is 0.933 bits per heavy atom. The largest absolute Gasteiger partial charge is 0.341 e. The Morgan fingerprint density at radius 2 is 1.47 bits per heavy atom. The van der Waals surface area contributed by atoms with Crippen molar-refractivity contribution in [3.05, 3.63) is 70.8 Å². The second kappa shape index (κ2) is 11.2. The first-order valence-corrected chi connectivity index (χ1v) is 10.5. The molecule has 0 heterocycles. The third-order valence-electron chi connectivity index (χ3n) is 5.30. The highest BCUT2D eigenvalue weighted by atomic mass is 16.7. The lowest BCUT2D eigenvalue weighted by molar-refractivity contribution is -0.158. The van der Waals surface area contributed by atoms with E-state index in [1.165, 1.54) is 0 Å². The minimum absolute atomic E-state index is 0.217. The van der Waals surface area contributed by atoms with Gasteiger partial charge < -0.3 is 4.84 Å². The number of nitrogens with zero attached hydrogens (tertiary/aromatic N) is 1. The van der Waals surface area contributed by atoms with Gasteiger partial charge in [0.25, 0.3) is 5.91 Å². The SMILES string of the molecule is CCC(=O)ONC(=O)CCCCCC(C#N)(c1ccc(C)cc1)c1ccc(C)cc1. The number of nitrogens with one attached hydrogen (secondary N) is 1. The van der Waals surface area contributed by atoms with Gasteiger partial charge in [0.1, 0.15) is 5.41 Å². The fraction of sp³-hybridized carbons (Fsp3) is 0.400. The number of benzene rings is 2. The maximum absolute atomic E-state index is 11.7. The van der Waals surface area contributed by atoms with E-state index in [1.807, 2.05) is 62.4 Å². The van der Waals surface area contributed by atoms with E-state index in [2.05, 4.69) is 16.4 Å². The van der Waals surface area contributed by atoms with Crippen LogP contribution in [0.2, 0.25) is 0 Å². The number of nitriles is 1. The van der Waals surface area contributed by atoms with Crippen molar-refractivity contribution < 1.29 is 14.4 Å². The molecule has 30 heavy (non-hydrogen) atoms. The summed E-state index contributed by atoms with van der Waals surface area (Å²) in [6.45, 7) is 5.73. The van der Waals surface area contributed by atoms with Crippen LogP contribution in [-0.2, 0) is 19.8 Å². The minimum Gasteiger partial charge on any atom is -0.341 e. The van der Waals surface area contributed by atoms with Gasteiger partial charge in [-0.2, -0.15) is 10.7 Å². The number of rotatable bonds is 9. The molecule has 158 valence electrons. The number of hydrogen-bond donors (Lipinski definition) is 1. The number of hydrogen-bond acceptors (Lipinski definition) is 4. The smallest absolute Gasteiger partial charge is 0.331 e. The number of carbonyl (C=O) groups excluding carboxylic acids is 2. The van der Waals surface area contributed by atoms with Crippen molar-refractivity contribution in [2.45, 2.75) is 64.7 Å². The number of aryl methyl sites for hydroxylation is 2. The summed E-state index contributed by atoms with van der Waals surface area (Å²) in [4.78, 5) is 27.5. The van der Waals surface area contributed by atoms with Gasteiger partial charge in [-0.3, -0.25) is 4.79 Å². The van der Waals surface area contributed by atoms with Gasteiger partial charge in [0.05, 0.1) is 6.07 Å². The predicted molar refractivity (Wildman–Crippen MR) is 116 cm³/mol. The Morgan fingerprint density at radius 3 is 1.93 bits per heavy atom. The lowest BCUT2D eigenvalue weighted by Crippen LogP contribution is -2.27. The molecule has 0 aliphatic rings. The van der Waals surface area contributed by atoms with Gasteiger partial charge in [-0.1, -0.05) is 79.4 Å². The molecular formula is C25H30N2O3. The maximum atomic E-state index is 11.7. The highest BCUT2D eigenvalue weighted by Gasteiger charge is 2.34. The summed E-state index contributed by atoms with van der Waals surface area (Å²) >= 11 is 0. The molecule has 2 rings (SSSR count). The first kappa shape index (κ1) is 23.2. The molecule has 0 saturated carbocycles. The first-order chi connectivity index (χ1) is 14.4. The average molecular weight is 407 g/mol.